The molecule has 98 valence electrons. The van der Waals surface area contributed by atoms with Gasteiger partial charge in [0.05, 0.1) is 18.5 Å². The van der Waals surface area contributed by atoms with Gasteiger partial charge in [-0.15, -0.1) is 0 Å². The number of amidine groups is 1. The predicted octanol–water partition coefficient (Wildman–Crippen LogP) is 3.02. The summed E-state index contributed by atoms with van der Waals surface area (Å²) < 4.78 is 5.30. The lowest BCUT2D eigenvalue weighted by molar-refractivity contribution is 0.327. The summed E-state index contributed by atoms with van der Waals surface area (Å²) in [4.78, 5) is 8.76. The van der Waals surface area contributed by atoms with Gasteiger partial charge in [0.15, 0.2) is 5.17 Å². The molecule has 2 rings (SSSR count). The zero-order valence-electron chi connectivity index (χ0n) is 11.1. The fourth-order valence-corrected chi connectivity index (χ4v) is 2.49. The minimum Gasteiger partial charge on any atom is -0.478 e. The van der Waals surface area contributed by atoms with Crippen LogP contribution in [-0.4, -0.2) is 29.1 Å². The monoisotopic (exact) mass is 265 g/mol. The molecule has 0 amide bonds. The van der Waals surface area contributed by atoms with Crippen LogP contribution in [0.5, 0.6) is 5.88 Å². The van der Waals surface area contributed by atoms with Crippen LogP contribution < -0.4 is 10.1 Å². The number of nitrogens with zero attached hydrogens (tertiary/aromatic N) is 2. The molecule has 0 unspecified atom stereocenters. The molecule has 0 fully saturated rings. The van der Waals surface area contributed by atoms with Crippen molar-refractivity contribution in [2.45, 2.75) is 20.8 Å². The average molecular weight is 265 g/mol. The van der Waals surface area contributed by atoms with E-state index in [2.05, 4.69) is 29.1 Å². The summed E-state index contributed by atoms with van der Waals surface area (Å²) in [6.45, 7) is 7.92. The van der Waals surface area contributed by atoms with E-state index in [1.807, 2.05) is 19.1 Å². The number of anilines is 1. The Hall–Kier alpha value is -1.23. The van der Waals surface area contributed by atoms with Crippen molar-refractivity contribution >= 4 is 22.6 Å². The van der Waals surface area contributed by atoms with Crippen LogP contribution in [-0.2, 0) is 0 Å². The van der Waals surface area contributed by atoms with E-state index < -0.39 is 0 Å². The van der Waals surface area contributed by atoms with E-state index in [1.165, 1.54) is 0 Å². The Labute approximate surface area is 112 Å². The van der Waals surface area contributed by atoms with E-state index in [4.69, 9.17) is 4.74 Å². The number of aliphatic imine (C=N–C) groups is 1. The smallest absolute Gasteiger partial charge is 0.213 e. The number of ether oxygens (including phenoxy) is 1. The van der Waals surface area contributed by atoms with Gasteiger partial charge in [-0.05, 0) is 18.4 Å². The molecular weight excluding hydrogens is 246 g/mol. The number of nitrogens with one attached hydrogen (secondary N) is 1. The Kier molecular flexibility index (Phi) is 4.11. The summed E-state index contributed by atoms with van der Waals surface area (Å²) in [5.41, 5.74) is 1.25. The summed E-state index contributed by atoms with van der Waals surface area (Å²) in [5, 5.41) is 4.26. The molecule has 0 bridgehead atoms. The van der Waals surface area contributed by atoms with Gasteiger partial charge in [-0.1, -0.05) is 25.6 Å². The SMILES string of the molecule is CCOc1ccc(NC2=NCC(C)(C)CS2)cn1. The molecule has 1 aliphatic rings. The lowest BCUT2D eigenvalue weighted by Crippen LogP contribution is -2.27. The third-order valence-corrected chi connectivity index (χ3v) is 3.96. The highest BCUT2D eigenvalue weighted by Crippen LogP contribution is 2.28. The number of rotatable bonds is 3. The molecule has 18 heavy (non-hydrogen) atoms. The quantitative estimate of drug-likeness (QED) is 0.912. The molecule has 0 atom stereocenters. The number of hydrogen-bond donors (Lipinski definition) is 1. The van der Waals surface area contributed by atoms with Crippen LogP contribution in [0.2, 0.25) is 0 Å². The van der Waals surface area contributed by atoms with E-state index >= 15 is 0 Å². The summed E-state index contributed by atoms with van der Waals surface area (Å²) in [5.74, 6) is 1.74. The topological polar surface area (TPSA) is 46.5 Å². The third-order valence-electron chi connectivity index (χ3n) is 2.53. The van der Waals surface area contributed by atoms with Crippen LogP contribution in [0.3, 0.4) is 0 Å². The zero-order chi connectivity index (χ0) is 13.0. The standard InChI is InChI=1S/C13H19N3OS/c1-4-17-11-6-5-10(7-14-11)16-12-15-8-13(2,3)9-18-12/h5-7H,4,8-9H2,1-3H3,(H,15,16). The van der Waals surface area contributed by atoms with Crippen molar-refractivity contribution in [3.63, 3.8) is 0 Å². The van der Waals surface area contributed by atoms with Crippen molar-refractivity contribution in [2.75, 3.05) is 24.2 Å². The summed E-state index contributed by atoms with van der Waals surface area (Å²) in [6.07, 6.45) is 1.77. The Morgan fingerprint density at radius 1 is 1.44 bits per heavy atom. The van der Waals surface area contributed by atoms with Gasteiger partial charge in [0, 0.05) is 18.4 Å². The first-order valence-electron chi connectivity index (χ1n) is 6.12. The van der Waals surface area contributed by atoms with Crippen molar-refractivity contribution in [2.24, 2.45) is 10.4 Å². The highest BCUT2D eigenvalue weighted by molar-refractivity contribution is 8.14. The fraction of sp³-hybridized carbons (Fsp3) is 0.538. The zero-order valence-corrected chi connectivity index (χ0v) is 11.9. The highest BCUT2D eigenvalue weighted by atomic mass is 32.2. The minimum absolute atomic E-state index is 0.299. The molecule has 1 aromatic rings. The summed E-state index contributed by atoms with van der Waals surface area (Å²) in [6, 6.07) is 3.82. The number of thioether (sulfide) groups is 1. The molecule has 5 heteroatoms. The molecule has 0 radical (unpaired) electrons. The van der Waals surface area contributed by atoms with Gasteiger partial charge in [0.1, 0.15) is 0 Å². The molecule has 0 saturated carbocycles. The lowest BCUT2D eigenvalue weighted by Gasteiger charge is -2.27. The van der Waals surface area contributed by atoms with Crippen LogP contribution in [0.1, 0.15) is 20.8 Å². The molecule has 1 N–H and O–H groups in total. The van der Waals surface area contributed by atoms with E-state index in [1.54, 1.807) is 18.0 Å². The maximum Gasteiger partial charge on any atom is 0.213 e. The van der Waals surface area contributed by atoms with Crippen LogP contribution in [0, 0.1) is 5.41 Å². The Morgan fingerprint density at radius 3 is 2.83 bits per heavy atom. The second-order valence-corrected chi connectivity index (χ2v) is 5.98. The average Bonchev–Trinajstić information content (AvgIpc) is 2.35. The van der Waals surface area contributed by atoms with E-state index in [0.29, 0.717) is 17.9 Å². The van der Waals surface area contributed by atoms with Crippen molar-refractivity contribution < 1.29 is 4.74 Å². The molecule has 2 heterocycles. The molecule has 1 aliphatic heterocycles. The molecule has 0 spiro atoms. The van der Waals surface area contributed by atoms with Gasteiger partial charge in [-0.25, -0.2) is 4.98 Å². The van der Waals surface area contributed by atoms with Crippen LogP contribution in [0.4, 0.5) is 5.69 Å². The molecule has 1 aromatic heterocycles. The van der Waals surface area contributed by atoms with Crippen molar-refractivity contribution in [3.8, 4) is 5.88 Å². The number of aromatic nitrogens is 1. The van der Waals surface area contributed by atoms with Crippen molar-refractivity contribution in [3.05, 3.63) is 18.3 Å². The summed E-state index contributed by atoms with van der Waals surface area (Å²) >= 11 is 1.76. The van der Waals surface area contributed by atoms with Gasteiger partial charge >= 0.3 is 0 Å². The Balaban J connectivity index is 1.96. The largest absolute Gasteiger partial charge is 0.478 e. The fourth-order valence-electron chi connectivity index (χ4n) is 1.53. The number of pyridine rings is 1. The second kappa shape index (κ2) is 5.61. The van der Waals surface area contributed by atoms with Crippen LogP contribution in [0.15, 0.2) is 23.3 Å². The minimum atomic E-state index is 0.299. The molecule has 0 aliphatic carbocycles. The van der Waals surface area contributed by atoms with Crippen LogP contribution in [0.25, 0.3) is 0 Å². The van der Waals surface area contributed by atoms with E-state index in [-0.39, 0.29) is 0 Å². The first-order chi connectivity index (χ1) is 8.59. The second-order valence-electron chi connectivity index (χ2n) is 5.02. The van der Waals surface area contributed by atoms with Crippen molar-refractivity contribution in [1.82, 2.24) is 4.98 Å². The maximum atomic E-state index is 5.30. The highest BCUT2D eigenvalue weighted by Gasteiger charge is 2.23. The maximum absolute atomic E-state index is 5.30. The van der Waals surface area contributed by atoms with Crippen molar-refractivity contribution in [1.29, 1.82) is 0 Å². The Morgan fingerprint density at radius 2 is 2.28 bits per heavy atom. The third kappa shape index (κ3) is 3.63. The molecule has 0 aromatic carbocycles. The van der Waals surface area contributed by atoms with Gasteiger partial charge in [0.2, 0.25) is 5.88 Å². The Bertz CT molecular complexity index is 428. The number of hydrogen-bond acceptors (Lipinski definition) is 5. The lowest BCUT2D eigenvalue weighted by atomic mass is 9.97. The van der Waals surface area contributed by atoms with Gasteiger partial charge < -0.3 is 10.1 Å². The van der Waals surface area contributed by atoms with E-state index in [0.717, 1.165) is 23.2 Å². The van der Waals surface area contributed by atoms with Gasteiger partial charge in [0.25, 0.3) is 0 Å². The normalized spacial score (nSPS) is 18.1. The summed E-state index contributed by atoms with van der Waals surface area (Å²) in [7, 11) is 0. The van der Waals surface area contributed by atoms with E-state index in [9.17, 15) is 0 Å². The molecular formula is C13H19N3OS. The molecule has 4 nitrogen and oxygen atoms in total. The van der Waals surface area contributed by atoms with Gasteiger partial charge in [-0.2, -0.15) is 0 Å². The van der Waals surface area contributed by atoms with Crippen LogP contribution >= 0.6 is 11.8 Å². The first kappa shape index (κ1) is 13.2. The predicted molar refractivity (Wildman–Crippen MR) is 77.6 cm³/mol. The first-order valence-corrected chi connectivity index (χ1v) is 7.11. The van der Waals surface area contributed by atoms with Gasteiger partial charge in [-0.3, -0.25) is 4.99 Å². The molecule has 0 saturated heterocycles.